The molecule has 1 saturated heterocycles. The predicted octanol–water partition coefficient (Wildman–Crippen LogP) is 5.88. The summed E-state index contributed by atoms with van der Waals surface area (Å²) in [6.07, 6.45) is 1.96. The third-order valence-electron chi connectivity index (χ3n) is 7.07. The molecular formula is C30H41ClFN3O2. The van der Waals surface area contributed by atoms with Crippen LogP contribution in [0.2, 0.25) is 0 Å². The van der Waals surface area contributed by atoms with Crippen LogP contribution in [0.5, 0.6) is 0 Å². The normalized spacial score (nSPS) is 17.1. The van der Waals surface area contributed by atoms with Gasteiger partial charge in [0.25, 0.3) is 5.91 Å². The van der Waals surface area contributed by atoms with Crippen LogP contribution in [0.3, 0.4) is 0 Å². The maximum absolute atomic E-state index is 14.1. The molecule has 2 aromatic rings. The van der Waals surface area contributed by atoms with Gasteiger partial charge in [0.05, 0.1) is 0 Å². The fourth-order valence-electron chi connectivity index (χ4n) is 4.79. The molecule has 0 radical (unpaired) electrons. The zero-order valence-electron chi connectivity index (χ0n) is 23.0. The van der Waals surface area contributed by atoms with E-state index in [4.69, 9.17) is 11.6 Å². The number of nitrogens with one attached hydrogen (secondary N) is 1. The van der Waals surface area contributed by atoms with Crippen molar-refractivity contribution in [2.75, 3.05) is 30.4 Å². The second-order valence-corrected chi connectivity index (χ2v) is 11.9. The van der Waals surface area contributed by atoms with Crippen molar-refractivity contribution < 1.29 is 14.0 Å². The number of alkyl halides is 1. The zero-order valence-corrected chi connectivity index (χ0v) is 23.7. The average Bonchev–Trinajstić information content (AvgIpc) is 2.86. The minimum Gasteiger partial charge on any atom is -0.338 e. The van der Waals surface area contributed by atoms with Crippen LogP contribution in [0, 0.1) is 24.1 Å². The third-order valence-corrected chi connectivity index (χ3v) is 7.30. The maximum atomic E-state index is 14.1. The molecule has 5 nitrogen and oxygen atoms in total. The van der Waals surface area contributed by atoms with Crippen molar-refractivity contribution >= 4 is 29.1 Å². The van der Waals surface area contributed by atoms with Gasteiger partial charge in [-0.1, -0.05) is 58.9 Å². The Bertz CT molecular complexity index is 1080. The number of carbonyl (C=O) groups is 2. The Morgan fingerprint density at radius 1 is 1.16 bits per heavy atom. The van der Waals surface area contributed by atoms with Crippen LogP contribution in [0.15, 0.2) is 42.5 Å². The summed E-state index contributed by atoms with van der Waals surface area (Å²) >= 11 is 6.11. The summed E-state index contributed by atoms with van der Waals surface area (Å²) in [6.45, 7) is 14.6. The number of nitrogens with zero attached hydrogens (tertiary/aromatic N) is 2. The van der Waals surface area contributed by atoms with Gasteiger partial charge in [0.2, 0.25) is 5.91 Å². The summed E-state index contributed by atoms with van der Waals surface area (Å²) in [4.78, 5) is 30.9. The number of amides is 2. The van der Waals surface area contributed by atoms with Crippen LogP contribution in [-0.2, 0) is 16.0 Å². The second kappa shape index (κ2) is 12.4. The summed E-state index contributed by atoms with van der Waals surface area (Å²) in [6, 6.07) is 11.1. The summed E-state index contributed by atoms with van der Waals surface area (Å²) < 4.78 is 13.9. The number of aryl methyl sites for hydroxylation is 2. The summed E-state index contributed by atoms with van der Waals surface area (Å²) in [5.41, 5.74) is 3.49. The van der Waals surface area contributed by atoms with E-state index in [9.17, 15) is 14.0 Å². The van der Waals surface area contributed by atoms with Crippen molar-refractivity contribution in [1.82, 2.24) is 10.2 Å². The van der Waals surface area contributed by atoms with Crippen molar-refractivity contribution in [3.05, 3.63) is 65.0 Å². The highest BCUT2D eigenvalue weighted by Gasteiger charge is 2.37. The molecule has 1 aliphatic heterocycles. The highest BCUT2D eigenvalue weighted by atomic mass is 35.5. The fourth-order valence-corrected chi connectivity index (χ4v) is 4.92. The van der Waals surface area contributed by atoms with E-state index in [2.05, 4.69) is 46.0 Å². The minimum absolute atomic E-state index is 0.160. The lowest BCUT2D eigenvalue weighted by Gasteiger charge is -2.40. The topological polar surface area (TPSA) is 52.7 Å². The molecule has 2 aromatic carbocycles. The quantitative estimate of drug-likeness (QED) is 0.434. The minimum atomic E-state index is -0.947. The number of carbonyl (C=O) groups excluding carboxylic acids is 2. The van der Waals surface area contributed by atoms with Crippen LogP contribution in [0.25, 0.3) is 0 Å². The molecule has 37 heavy (non-hydrogen) atoms. The van der Waals surface area contributed by atoms with Gasteiger partial charge < -0.3 is 10.2 Å². The van der Waals surface area contributed by atoms with E-state index < -0.39 is 11.9 Å². The monoisotopic (exact) mass is 529 g/mol. The van der Waals surface area contributed by atoms with E-state index in [0.29, 0.717) is 36.8 Å². The number of hydrogen-bond donors (Lipinski definition) is 1. The van der Waals surface area contributed by atoms with E-state index in [1.807, 2.05) is 24.0 Å². The van der Waals surface area contributed by atoms with Crippen LogP contribution >= 0.6 is 11.6 Å². The molecule has 202 valence electrons. The molecule has 0 spiro atoms. The van der Waals surface area contributed by atoms with Crippen molar-refractivity contribution in [3.8, 4) is 0 Å². The molecule has 0 unspecified atom stereocenters. The van der Waals surface area contributed by atoms with Crippen molar-refractivity contribution in [2.24, 2.45) is 11.3 Å². The smallest absolute Gasteiger partial charge is 0.250 e. The number of anilines is 1. The van der Waals surface area contributed by atoms with Crippen molar-refractivity contribution in [3.63, 3.8) is 0 Å². The fraction of sp³-hybridized carbons (Fsp3) is 0.533. The maximum Gasteiger partial charge on any atom is 0.250 e. The highest BCUT2D eigenvalue weighted by Crippen LogP contribution is 2.34. The molecule has 0 aromatic heterocycles. The Hall–Kier alpha value is -2.44. The first-order valence-electron chi connectivity index (χ1n) is 13.2. The Labute approximate surface area is 226 Å². The van der Waals surface area contributed by atoms with Gasteiger partial charge in [-0.05, 0) is 66.0 Å². The SMILES string of the molecule is Cc1cc(CCC(C)(C)C)ccc1N(C(=O)CCl)[C@H](C(=O)N1CCN[C@H](C(C)C)C1)c1ccc(F)cc1. The molecule has 0 saturated carbocycles. The third kappa shape index (κ3) is 7.55. The van der Waals surface area contributed by atoms with Crippen LogP contribution in [0.4, 0.5) is 10.1 Å². The van der Waals surface area contributed by atoms with Gasteiger partial charge in [0, 0.05) is 31.4 Å². The number of rotatable bonds is 8. The lowest BCUT2D eigenvalue weighted by Crippen LogP contribution is -2.57. The molecule has 1 aliphatic rings. The second-order valence-electron chi connectivity index (χ2n) is 11.6. The Kier molecular flexibility index (Phi) is 9.76. The van der Waals surface area contributed by atoms with Crippen LogP contribution in [0.1, 0.15) is 63.8 Å². The lowest BCUT2D eigenvalue weighted by atomic mass is 9.88. The largest absolute Gasteiger partial charge is 0.338 e. The van der Waals surface area contributed by atoms with E-state index in [1.54, 1.807) is 12.1 Å². The zero-order chi connectivity index (χ0) is 27.3. The molecule has 0 aliphatic carbocycles. The Morgan fingerprint density at radius 2 is 1.84 bits per heavy atom. The van der Waals surface area contributed by atoms with E-state index in [-0.39, 0.29) is 29.2 Å². The summed E-state index contributed by atoms with van der Waals surface area (Å²) in [5.74, 6) is -0.874. The van der Waals surface area contributed by atoms with Gasteiger partial charge in [0.1, 0.15) is 17.7 Å². The number of hydrogen-bond acceptors (Lipinski definition) is 3. The first-order chi connectivity index (χ1) is 17.4. The van der Waals surface area contributed by atoms with Gasteiger partial charge >= 0.3 is 0 Å². The highest BCUT2D eigenvalue weighted by molar-refractivity contribution is 6.30. The first kappa shape index (κ1) is 29.1. The van der Waals surface area contributed by atoms with Gasteiger partial charge in [-0.2, -0.15) is 0 Å². The molecule has 3 rings (SSSR count). The average molecular weight is 530 g/mol. The van der Waals surface area contributed by atoms with Crippen LogP contribution < -0.4 is 10.2 Å². The molecule has 2 amide bonds. The van der Waals surface area contributed by atoms with Crippen molar-refractivity contribution in [2.45, 2.75) is 66.5 Å². The predicted molar refractivity (Wildman–Crippen MR) is 150 cm³/mol. The summed E-state index contributed by atoms with van der Waals surface area (Å²) in [5, 5.41) is 3.48. The lowest BCUT2D eigenvalue weighted by molar-refractivity contribution is -0.135. The van der Waals surface area contributed by atoms with E-state index in [0.717, 1.165) is 18.4 Å². The van der Waals surface area contributed by atoms with Gasteiger partial charge in [-0.15, -0.1) is 11.6 Å². The van der Waals surface area contributed by atoms with E-state index >= 15 is 0 Å². The number of piperazine rings is 1. The van der Waals surface area contributed by atoms with Crippen LogP contribution in [-0.4, -0.2) is 48.3 Å². The molecule has 1 heterocycles. The first-order valence-corrected chi connectivity index (χ1v) is 13.7. The van der Waals surface area contributed by atoms with Gasteiger partial charge in [0.15, 0.2) is 0 Å². The molecule has 1 N–H and O–H groups in total. The van der Waals surface area contributed by atoms with Gasteiger partial charge in [-0.3, -0.25) is 14.5 Å². The number of benzene rings is 2. The molecule has 1 fully saturated rings. The Morgan fingerprint density at radius 3 is 2.41 bits per heavy atom. The molecule has 7 heteroatoms. The number of halogens is 2. The Balaban J connectivity index is 2.05. The molecular weight excluding hydrogens is 489 g/mol. The van der Waals surface area contributed by atoms with E-state index in [1.165, 1.54) is 22.6 Å². The van der Waals surface area contributed by atoms with Crippen molar-refractivity contribution in [1.29, 1.82) is 0 Å². The standard InChI is InChI=1S/C30H41ClFN3O2/c1-20(2)25-19-34(16-15-33-25)29(37)28(23-8-10-24(32)11-9-23)35(27(36)18-31)26-12-7-22(17-21(26)3)13-14-30(4,5)6/h7-12,17,20,25,28,33H,13-16,18-19H2,1-6H3/t25-,28-/m0/s1. The molecule has 0 bridgehead atoms. The summed E-state index contributed by atoms with van der Waals surface area (Å²) in [7, 11) is 0. The molecule has 2 atom stereocenters. The van der Waals surface area contributed by atoms with Gasteiger partial charge in [-0.25, -0.2) is 4.39 Å².